The lowest BCUT2D eigenvalue weighted by Crippen LogP contribution is -2.36. The fourth-order valence-corrected chi connectivity index (χ4v) is 2.02. The Labute approximate surface area is 100 Å². The minimum Gasteiger partial charge on any atom is -0.370 e. The van der Waals surface area contributed by atoms with Crippen molar-refractivity contribution in [1.82, 2.24) is 5.32 Å². The highest BCUT2D eigenvalue weighted by atomic mass is 19.4. The summed E-state index contributed by atoms with van der Waals surface area (Å²) in [5.74, 6) is 0. The Bertz CT molecular complexity index is 251. The fourth-order valence-electron chi connectivity index (χ4n) is 2.02. The zero-order valence-corrected chi connectivity index (χ0v) is 10.1. The molecule has 0 radical (unpaired) electrons. The number of rotatable bonds is 6. The van der Waals surface area contributed by atoms with Crippen LogP contribution in [0.1, 0.15) is 32.6 Å². The summed E-state index contributed by atoms with van der Waals surface area (Å²) >= 11 is 0. The number of hydrogen-bond donors (Lipinski definition) is 1. The lowest BCUT2D eigenvalue weighted by Gasteiger charge is -2.24. The third-order valence-electron chi connectivity index (χ3n) is 2.77. The van der Waals surface area contributed by atoms with Crippen molar-refractivity contribution < 1.29 is 17.9 Å². The second-order valence-corrected chi connectivity index (χ2v) is 4.27. The van der Waals surface area contributed by atoms with Crippen LogP contribution in [-0.2, 0) is 4.74 Å². The van der Waals surface area contributed by atoms with Crippen molar-refractivity contribution >= 4 is 0 Å². The monoisotopic (exact) mass is 251 g/mol. The molecule has 0 aromatic rings. The van der Waals surface area contributed by atoms with Crippen molar-refractivity contribution in [1.29, 1.82) is 0 Å². The number of halogens is 3. The predicted octanol–water partition coefficient (Wildman–Crippen LogP) is 3.04. The van der Waals surface area contributed by atoms with E-state index in [1.54, 1.807) is 0 Å². The van der Waals surface area contributed by atoms with Gasteiger partial charge in [0.1, 0.15) is 6.61 Å². The molecular formula is C12H20F3NO. The van der Waals surface area contributed by atoms with Gasteiger partial charge in [-0.05, 0) is 32.2 Å². The van der Waals surface area contributed by atoms with Crippen LogP contribution in [-0.4, -0.2) is 32.0 Å². The normalized spacial score (nSPS) is 18.9. The average molecular weight is 251 g/mol. The maximum atomic E-state index is 12.0. The van der Waals surface area contributed by atoms with Crippen LogP contribution in [0.3, 0.4) is 0 Å². The molecule has 17 heavy (non-hydrogen) atoms. The van der Waals surface area contributed by atoms with Gasteiger partial charge in [-0.1, -0.05) is 18.6 Å². The molecule has 1 atom stereocenters. The molecule has 1 aliphatic carbocycles. The fraction of sp³-hybridized carbons (Fsp3) is 0.833. The lowest BCUT2D eigenvalue weighted by molar-refractivity contribution is -0.174. The first kappa shape index (κ1) is 14.5. The van der Waals surface area contributed by atoms with E-state index in [9.17, 15) is 13.2 Å². The van der Waals surface area contributed by atoms with Gasteiger partial charge in [0.05, 0.1) is 12.6 Å². The Morgan fingerprint density at radius 2 is 2.18 bits per heavy atom. The maximum absolute atomic E-state index is 12.0. The molecule has 0 amide bonds. The smallest absolute Gasteiger partial charge is 0.370 e. The topological polar surface area (TPSA) is 21.3 Å². The van der Waals surface area contributed by atoms with Gasteiger partial charge < -0.3 is 10.1 Å². The highest BCUT2D eigenvalue weighted by Crippen LogP contribution is 2.21. The molecule has 0 saturated carbocycles. The van der Waals surface area contributed by atoms with Gasteiger partial charge in [-0.2, -0.15) is 13.2 Å². The van der Waals surface area contributed by atoms with E-state index in [-0.39, 0.29) is 12.6 Å². The van der Waals surface area contributed by atoms with Gasteiger partial charge in [0.15, 0.2) is 0 Å². The molecule has 0 aliphatic heterocycles. The first-order chi connectivity index (χ1) is 8.03. The van der Waals surface area contributed by atoms with Crippen LogP contribution >= 0.6 is 0 Å². The minimum absolute atomic E-state index is 0.0670. The van der Waals surface area contributed by atoms with E-state index in [1.165, 1.54) is 12.0 Å². The first-order valence-corrected chi connectivity index (χ1v) is 6.09. The summed E-state index contributed by atoms with van der Waals surface area (Å²) < 4.78 is 40.7. The summed E-state index contributed by atoms with van der Waals surface area (Å²) in [4.78, 5) is 0. The van der Waals surface area contributed by atoms with E-state index < -0.39 is 12.8 Å². The number of allylic oxidation sites excluding steroid dienone is 1. The predicted molar refractivity (Wildman–Crippen MR) is 60.9 cm³/mol. The summed E-state index contributed by atoms with van der Waals surface area (Å²) in [6.45, 7) is 1.61. The minimum atomic E-state index is -4.24. The molecule has 100 valence electrons. The summed E-state index contributed by atoms with van der Waals surface area (Å²) in [5, 5.41) is 3.18. The van der Waals surface area contributed by atoms with E-state index in [4.69, 9.17) is 4.74 Å². The van der Waals surface area contributed by atoms with Crippen molar-refractivity contribution in [3.8, 4) is 0 Å². The molecular weight excluding hydrogens is 231 g/mol. The Balaban J connectivity index is 2.40. The molecule has 0 spiro atoms. The summed E-state index contributed by atoms with van der Waals surface area (Å²) in [6, 6.07) is -0.0670. The Morgan fingerprint density at radius 3 is 2.71 bits per heavy atom. The lowest BCUT2D eigenvalue weighted by atomic mass is 9.94. The van der Waals surface area contributed by atoms with Crippen LogP contribution in [0.2, 0.25) is 0 Å². The SMILES string of the molecule is CCNC(COCC(F)(F)F)C1=CCCCC1. The molecule has 0 bridgehead atoms. The molecule has 0 aromatic carbocycles. The van der Waals surface area contributed by atoms with Crippen molar-refractivity contribution in [3.63, 3.8) is 0 Å². The molecule has 5 heteroatoms. The van der Waals surface area contributed by atoms with Gasteiger partial charge in [-0.25, -0.2) is 0 Å². The molecule has 0 aromatic heterocycles. The third-order valence-corrected chi connectivity index (χ3v) is 2.77. The van der Waals surface area contributed by atoms with Crippen LogP contribution in [0.15, 0.2) is 11.6 Å². The summed E-state index contributed by atoms with van der Waals surface area (Å²) in [6.07, 6.45) is 2.17. The highest BCUT2D eigenvalue weighted by Gasteiger charge is 2.28. The maximum Gasteiger partial charge on any atom is 0.411 e. The molecule has 1 rings (SSSR count). The average Bonchev–Trinajstić information content (AvgIpc) is 2.27. The second-order valence-electron chi connectivity index (χ2n) is 4.27. The zero-order chi connectivity index (χ0) is 12.7. The molecule has 1 N–H and O–H groups in total. The van der Waals surface area contributed by atoms with E-state index in [0.29, 0.717) is 0 Å². The summed E-state index contributed by atoms with van der Waals surface area (Å²) in [5.41, 5.74) is 1.19. The first-order valence-electron chi connectivity index (χ1n) is 6.09. The van der Waals surface area contributed by atoms with E-state index >= 15 is 0 Å². The largest absolute Gasteiger partial charge is 0.411 e. The van der Waals surface area contributed by atoms with Crippen LogP contribution in [0.4, 0.5) is 13.2 Å². The van der Waals surface area contributed by atoms with Crippen LogP contribution in [0, 0.1) is 0 Å². The molecule has 2 nitrogen and oxygen atoms in total. The molecule has 0 fully saturated rings. The number of likely N-dealkylation sites (N-methyl/N-ethyl adjacent to an activating group) is 1. The second kappa shape index (κ2) is 7.01. The quantitative estimate of drug-likeness (QED) is 0.733. The standard InChI is InChI=1S/C12H20F3NO/c1-2-16-11(8-17-9-12(13,14)15)10-6-4-3-5-7-10/h6,11,16H,2-5,7-9H2,1H3. The van der Waals surface area contributed by atoms with Gasteiger partial charge in [0, 0.05) is 0 Å². The molecule has 0 saturated heterocycles. The van der Waals surface area contributed by atoms with Crippen molar-refractivity contribution in [2.24, 2.45) is 0 Å². The molecule has 1 unspecified atom stereocenters. The van der Waals surface area contributed by atoms with Crippen LogP contribution in [0.5, 0.6) is 0 Å². The van der Waals surface area contributed by atoms with E-state index in [1.807, 2.05) is 6.92 Å². The highest BCUT2D eigenvalue weighted by molar-refractivity contribution is 5.13. The van der Waals surface area contributed by atoms with Crippen molar-refractivity contribution in [3.05, 3.63) is 11.6 Å². The van der Waals surface area contributed by atoms with E-state index in [2.05, 4.69) is 11.4 Å². The Hall–Kier alpha value is -0.550. The Kier molecular flexibility index (Phi) is 5.98. The van der Waals surface area contributed by atoms with E-state index in [0.717, 1.165) is 25.8 Å². The van der Waals surface area contributed by atoms with Gasteiger partial charge >= 0.3 is 6.18 Å². The number of hydrogen-bond acceptors (Lipinski definition) is 2. The van der Waals surface area contributed by atoms with Gasteiger partial charge in [-0.3, -0.25) is 0 Å². The molecule has 1 aliphatic rings. The number of ether oxygens (including phenoxy) is 1. The van der Waals surface area contributed by atoms with Gasteiger partial charge in [-0.15, -0.1) is 0 Å². The van der Waals surface area contributed by atoms with Crippen LogP contribution in [0.25, 0.3) is 0 Å². The van der Waals surface area contributed by atoms with Crippen molar-refractivity contribution in [2.75, 3.05) is 19.8 Å². The zero-order valence-electron chi connectivity index (χ0n) is 10.1. The number of nitrogens with one attached hydrogen (secondary N) is 1. The van der Waals surface area contributed by atoms with Crippen molar-refractivity contribution in [2.45, 2.75) is 44.8 Å². The Morgan fingerprint density at radius 1 is 1.41 bits per heavy atom. The molecule has 0 heterocycles. The third kappa shape index (κ3) is 6.07. The van der Waals surface area contributed by atoms with Gasteiger partial charge in [0.25, 0.3) is 0 Å². The van der Waals surface area contributed by atoms with Gasteiger partial charge in [0.2, 0.25) is 0 Å². The number of alkyl halides is 3. The summed E-state index contributed by atoms with van der Waals surface area (Å²) in [7, 11) is 0. The van der Waals surface area contributed by atoms with Crippen LogP contribution < -0.4 is 5.32 Å².